The fraction of sp³-hybridized carbons (Fsp3) is 0.611. The molecule has 4 rings (SSSR count). The van der Waals surface area contributed by atoms with E-state index < -0.39 is 0 Å². The molecule has 21 heavy (non-hydrogen) atoms. The van der Waals surface area contributed by atoms with E-state index in [2.05, 4.69) is 34.9 Å². The number of benzene rings is 1. The molecule has 2 fully saturated rings. The zero-order chi connectivity index (χ0) is 14.2. The fourth-order valence-corrected chi connectivity index (χ4v) is 4.50. The minimum atomic E-state index is 0.0717. The predicted molar refractivity (Wildman–Crippen MR) is 83.2 cm³/mol. The van der Waals surface area contributed by atoms with Crippen LogP contribution in [0.2, 0.25) is 0 Å². The molecule has 3 nitrogen and oxygen atoms in total. The highest BCUT2D eigenvalue weighted by molar-refractivity contribution is 5.84. The van der Waals surface area contributed by atoms with Crippen molar-refractivity contribution in [2.24, 2.45) is 0 Å². The zero-order valence-electron chi connectivity index (χ0n) is 12.5. The van der Waals surface area contributed by atoms with E-state index in [9.17, 15) is 4.79 Å². The monoisotopic (exact) mass is 284 g/mol. The van der Waals surface area contributed by atoms with Crippen LogP contribution in [0.4, 0.5) is 0 Å². The lowest BCUT2D eigenvalue weighted by Gasteiger charge is -2.32. The molecule has 0 radical (unpaired) electrons. The van der Waals surface area contributed by atoms with Gasteiger partial charge in [-0.2, -0.15) is 0 Å². The highest BCUT2D eigenvalue weighted by Crippen LogP contribution is 2.32. The van der Waals surface area contributed by atoms with Crippen molar-refractivity contribution in [3.63, 3.8) is 0 Å². The number of carbonyl (C=O) groups is 1. The van der Waals surface area contributed by atoms with E-state index in [1.54, 1.807) is 0 Å². The van der Waals surface area contributed by atoms with Gasteiger partial charge in [0.15, 0.2) is 0 Å². The predicted octanol–water partition coefficient (Wildman–Crippen LogP) is 2.51. The average Bonchev–Trinajstić information content (AvgIpc) is 2.85. The maximum absolute atomic E-state index is 12.7. The molecule has 1 aromatic rings. The van der Waals surface area contributed by atoms with E-state index in [1.807, 2.05) is 0 Å². The summed E-state index contributed by atoms with van der Waals surface area (Å²) < 4.78 is 0. The third-order valence-electron chi connectivity index (χ3n) is 5.51. The molecule has 0 aromatic heterocycles. The summed E-state index contributed by atoms with van der Waals surface area (Å²) in [5, 5.41) is 6.99. The van der Waals surface area contributed by atoms with Gasteiger partial charge in [-0.3, -0.25) is 4.79 Å². The molecule has 112 valence electrons. The number of carbonyl (C=O) groups excluding carboxylic acids is 1. The van der Waals surface area contributed by atoms with Crippen LogP contribution < -0.4 is 10.6 Å². The Balaban J connectivity index is 1.46. The summed E-state index contributed by atoms with van der Waals surface area (Å²) in [6, 6.07) is 10.1. The van der Waals surface area contributed by atoms with Gasteiger partial charge >= 0.3 is 0 Å². The van der Waals surface area contributed by atoms with Crippen molar-refractivity contribution < 1.29 is 4.79 Å². The summed E-state index contributed by atoms with van der Waals surface area (Å²) in [5.41, 5.74) is 2.63. The van der Waals surface area contributed by atoms with Gasteiger partial charge in [0.05, 0.1) is 5.92 Å². The first kappa shape index (κ1) is 13.3. The molecule has 0 saturated carbocycles. The van der Waals surface area contributed by atoms with Crippen LogP contribution in [0.3, 0.4) is 0 Å². The molecule has 2 bridgehead atoms. The van der Waals surface area contributed by atoms with Gasteiger partial charge < -0.3 is 10.6 Å². The largest absolute Gasteiger partial charge is 0.353 e. The maximum Gasteiger partial charge on any atom is 0.227 e. The summed E-state index contributed by atoms with van der Waals surface area (Å²) in [7, 11) is 0. The minimum absolute atomic E-state index is 0.0717. The van der Waals surface area contributed by atoms with Gasteiger partial charge in [-0.05, 0) is 56.1 Å². The molecule has 2 N–H and O–H groups in total. The lowest BCUT2D eigenvalue weighted by atomic mass is 9.82. The van der Waals surface area contributed by atoms with Crippen LogP contribution in [0.1, 0.15) is 55.6 Å². The molecule has 1 aliphatic carbocycles. The summed E-state index contributed by atoms with van der Waals surface area (Å²) in [6.07, 6.45) is 8.03. The van der Waals surface area contributed by atoms with Crippen molar-refractivity contribution in [1.82, 2.24) is 10.6 Å². The average molecular weight is 284 g/mol. The number of piperidine rings is 1. The topological polar surface area (TPSA) is 41.1 Å². The number of nitrogens with one attached hydrogen (secondary N) is 2. The van der Waals surface area contributed by atoms with E-state index in [-0.39, 0.29) is 11.8 Å². The first-order valence-corrected chi connectivity index (χ1v) is 8.44. The van der Waals surface area contributed by atoms with E-state index in [1.165, 1.54) is 24.0 Å². The van der Waals surface area contributed by atoms with E-state index in [4.69, 9.17) is 0 Å². The molecule has 1 amide bonds. The standard InChI is InChI=1S/C18H24N2O/c21-18(20-15-10-13-8-9-14(11-15)19-13)17-7-3-5-12-4-1-2-6-16(12)17/h1-2,4,6,13-15,17,19H,3,5,7-11H2,(H,20,21). The molecule has 2 aliphatic heterocycles. The van der Waals surface area contributed by atoms with Crippen LogP contribution in [0.15, 0.2) is 24.3 Å². The summed E-state index contributed by atoms with van der Waals surface area (Å²) in [6.45, 7) is 0. The van der Waals surface area contributed by atoms with Crippen LogP contribution in [0, 0.1) is 0 Å². The number of amides is 1. The highest BCUT2D eigenvalue weighted by atomic mass is 16.1. The quantitative estimate of drug-likeness (QED) is 0.876. The molecule has 2 saturated heterocycles. The third kappa shape index (κ3) is 2.59. The number of hydrogen-bond acceptors (Lipinski definition) is 2. The van der Waals surface area contributed by atoms with Gasteiger partial charge in [-0.15, -0.1) is 0 Å². The van der Waals surface area contributed by atoms with Crippen LogP contribution in [0.25, 0.3) is 0 Å². The first-order chi connectivity index (χ1) is 10.3. The van der Waals surface area contributed by atoms with Gasteiger partial charge in [0.25, 0.3) is 0 Å². The lowest BCUT2D eigenvalue weighted by Crippen LogP contribution is -2.49. The van der Waals surface area contributed by atoms with Gasteiger partial charge in [0.1, 0.15) is 0 Å². The van der Waals surface area contributed by atoms with E-state index >= 15 is 0 Å². The van der Waals surface area contributed by atoms with Gasteiger partial charge in [-0.25, -0.2) is 0 Å². The summed E-state index contributed by atoms with van der Waals surface area (Å²) in [5.74, 6) is 0.330. The van der Waals surface area contributed by atoms with Gasteiger partial charge in [-0.1, -0.05) is 24.3 Å². The molecule has 3 aliphatic rings. The second-order valence-corrected chi connectivity index (χ2v) is 6.96. The Morgan fingerprint density at radius 1 is 1.10 bits per heavy atom. The SMILES string of the molecule is O=C(NC1CC2CCC(C1)N2)C1CCCc2ccccc21. The zero-order valence-corrected chi connectivity index (χ0v) is 12.5. The number of aryl methyl sites for hydroxylation is 1. The van der Waals surface area contributed by atoms with Crippen molar-refractivity contribution in [1.29, 1.82) is 0 Å². The van der Waals surface area contributed by atoms with Crippen molar-refractivity contribution in [2.75, 3.05) is 0 Å². The van der Waals surface area contributed by atoms with Crippen molar-refractivity contribution in [2.45, 2.75) is 69.0 Å². The maximum atomic E-state index is 12.7. The Morgan fingerprint density at radius 3 is 2.67 bits per heavy atom. The Hall–Kier alpha value is -1.35. The van der Waals surface area contributed by atoms with Crippen LogP contribution >= 0.6 is 0 Å². The number of rotatable bonds is 2. The summed E-state index contributed by atoms with van der Waals surface area (Å²) in [4.78, 5) is 12.7. The Morgan fingerprint density at radius 2 is 1.86 bits per heavy atom. The van der Waals surface area contributed by atoms with E-state index in [0.717, 1.165) is 32.1 Å². The number of hydrogen-bond donors (Lipinski definition) is 2. The Bertz CT molecular complexity index is 530. The normalized spacial score (nSPS) is 34.3. The van der Waals surface area contributed by atoms with Crippen molar-refractivity contribution in [3.05, 3.63) is 35.4 Å². The third-order valence-corrected chi connectivity index (χ3v) is 5.51. The molecular weight excluding hydrogens is 260 g/mol. The second-order valence-electron chi connectivity index (χ2n) is 6.96. The molecule has 3 unspecified atom stereocenters. The van der Waals surface area contributed by atoms with Crippen LogP contribution in [-0.2, 0) is 11.2 Å². The molecule has 3 atom stereocenters. The second kappa shape index (κ2) is 5.45. The van der Waals surface area contributed by atoms with Gasteiger partial charge in [0, 0.05) is 18.1 Å². The first-order valence-electron chi connectivity index (χ1n) is 8.44. The molecule has 3 heteroatoms. The Kier molecular flexibility index (Phi) is 3.46. The van der Waals surface area contributed by atoms with Gasteiger partial charge in [0.2, 0.25) is 5.91 Å². The summed E-state index contributed by atoms with van der Waals surface area (Å²) >= 11 is 0. The van der Waals surface area contributed by atoms with E-state index in [0.29, 0.717) is 18.1 Å². The molecule has 2 heterocycles. The Labute approximate surface area is 126 Å². The number of fused-ring (bicyclic) bond motifs is 3. The molecular formula is C18H24N2O. The lowest BCUT2D eigenvalue weighted by molar-refractivity contribution is -0.123. The van der Waals surface area contributed by atoms with Crippen molar-refractivity contribution in [3.8, 4) is 0 Å². The van der Waals surface area contributed by atoms with Crippen LogP contribution in [0.5, 0.6) is 0 Å². The van der Waals surface area contributed by atoms with Crippen LogP contribution in [-0.4, -0.2) is 24.0 Å². The van der Waals surface area contributed by atoms with Crippen molar-refractivity contribution >= 4 is 5.91 Å². The highest BCUT2D eigenvalue weighted by Gasteiger charge is 2.35. The fourth-order valence-electron chi connectivity index (χ4n) is 4.50. The molecule has 0 spiro atoms. The smallest absolute Gasteiger partial charge is 0.227 e. The molecule has 1 aromatic carbocycles. The minimum Gasteiger partial charge on any atom is -0.353 e.